The third-order valence-electron chi connectivity index (χ3n) is 2.97. The molecule has 0 radical (unpaired) electrons. The summed E-state index contributed by atoms with van der Waals surface area (Å²) in [5, 5.41) is 0. The van der Waals surface area contributed by atoms with Crippen LogP contribution < -0.4 is 15.6 Å². The summed E-state index contributed by atoms with van der Waals surface area (Å²) in [4.78, 5) is 23.2. The van der Waals surface area contributed by atoms with Gasteiger partial charge in [0.25, 0.3) is 11.8 Å². The molecule has 2 aromatic rings. The highest BCUT2D eigenvalue weighted by Gasteiger charge is 2.06. The molecule has 0 spiro atoms. The Hall–Kier alpha value is -3.02. The molecule has 23 heavy (non-hydrogen) atoms. The lowest BCUT2D eigenvalue weighted by Gasteiger charge is -2.10. The van der Waals surface area contributed by atoms with E-state index in [4.69, 9.17) is 9.15 Å². The molecule has 120 valence electrons. The highest BCUT2D eigenvalue weighted by atomic mass is 16.5. The first-order valence-corrected chi connectivity index (χ1v) is 7.05. The highest BCUT2D eigenvalue weighted by Crippen LogP contribution is 2.18. The predicted octanol–water partition coefficient (Wildman–Crippen LogP) is 2.14. The molecule has 0 aliphatic rings. The van der Waals surface area contributed by atoms with Gasteiger partial charge in [0.05, 0.1) is 6.26 Å². The van der Waals surface area contributed by atoms with Crippen LogP contribution in [0.3, 0.4) is 0 Å². The number of carbonyl (C=O) groups is 2. The summed E-state index contributed by atoms with van der Waals surface area (Å²) in [5.74, 6) is 0.265. The number of carbonyl (C=O) groups excluding carboxylic acids is 2. The Bertz CT molecular complexity index is 705. The van der Waals surface area contributed by atoms with Crippen molar-refractivity contribution in [2.75, 3.05) is 6.61 Å². The van der Waals surface area contributed by atoms with Crippen LogP contribution >= 0.6 is 0 Å². The van der Waals surface area contributed by atoms with E-state index in [0.29, 0.717) is 11.5 Å². The summed E-state index contributed by atoms with van der Waals surface area (Å²) < 4.78 is 10.5. The standard InChI is InChI=1S/C17H18N2O4/c1-12-5-6-13(2)15(10-12)23-11-17(21)19-18-16(20)8-7-14-4-3-9-22-14/h3-10H,11H2,1-2H3,(H,18,20)(H,19,21). The number of furan rings is 1. The molecule has 1 aromatic heterocycles. The van der Waals surface area contributed by atoms with Gasteiger partial charge in [-0.25, -0.2) is 0 Å². The average molecular weight is 314 g/mol. The molecule has 6 nitrogen and oxygen atoms in total. The van der Waals surface area contributed by atoms with Crippen LogP contribution in [0.15, 0.2) is 47.1 Å². The smallest absolute Gasteiger partial charge is 0.276 e. The van der Waals surface area contributed by atoms with E-state index < -0.39 is 11.8 Å². The van der Waals surface area contributed by atoms with E-state index in [0.717, 1.165) is 11.1 Å². The molecule has 2 amide bonds. The van der Waals surface area contributed by atoms with Crippen LogP contribution in [0.25, 0.3) is 6.08 Å². The van der Waals surface area contributed by atoms with Gasteiger partial charge in [0.15, 0.2) is 6.61 Å². The third kappa shape index (κ3) is 5.35. The first-order valence-electron chi connectivity index (χ1n) is 7.05. The Morgan fingerprint density at radius 2 is 2.04 bits per heavy atom. The summed E-state index contributed by atoms with van der Waals surface area (Å²) in [6.07, 6.45) is 4.25. The Balaban J connectivity index is 1.74. The molecule has 6 heteroatoms. The Kier molecular flexibility index (Phi) is 5.57. The zero-order valence-corrected chi connectivity index (χ0v) is 13.0. The van der Waals surface area contributed by atoms with Crippen molar-refractivity contribution in [3.05, 3.63) is 59.6 Å². The molecule has 1 aromatic carbocycles. The third-order valence-corrected chi connectivity index (χ3v) is 2.97. The van der Waals surface area contributed by atoms with Crippen LogP contribution in [0.4, 0.5) is 0 Å². The quantitative estimate of drug-likeness (QED) is 0.654. The summed E-state index contributed by atoms with van der Waals surface area (Å²) in [6, 6.07) is 9.16. The van der Waals surface area contributed by atoms with E-state index in [2.05, 4.69) is 10.9 Å². The molecule has 2 N–H and O–H groups in total. The molecule has 0 fully saturated rings. The molecule has 0 atom stereocenters. The van der Waals surface area contributed by atoms with Crippen LogP contribution in [0, 0.1) is 13.8 Å². The molecule has 2 rings (SSSR count). The number of ether oxygens (including phenoxy) is 1. The molecule has 1 heterocycles. The topological polar surface area (TPSA) is 80.6 Å². The van der Waals surface area contributed by atoms with Crippen molar-refractivity contribution >= 4 is 17.9 Å². The van der Waals surface area contributed by atoms with Gasteiger partial charge in [-0.3, -0.25) is 20.4 Å². The molecular weight excluding hydrogens is 296 g/mol. The van der Waals surface area contributed by atoms with E-state index in [1.165, 1.54) is 18.4 Å². The van der Waals surface area contributed by atoms with E-state index in [-0.39, 0.29) is 6.61 Å². The fraction of sp³-hybridized carbons (Fsp3) is 0.176. The van der Waals surface area contributed by atoms with E-state index in [9.17, 15) is 9.59 Å². The minimum absolute atomic E-state index is 0.188. The van der Waals surface area contributed by atoms with Gasteiger partial charge in [-0.15, -0.1) is 0 Å². The van der Waals surface area contributed by atoms with Crippen LogP contribution in [0.2, 0.25) is 0 Å². The van der Waals surface area contributed by atoms with Crippen molar-refractivity contribution in [2.24, 2.45) is 0 Å². The van der Waals surface area contributed by atoms with Gasteiger partial charge < -0.3 is 9.15 Å². The summed E-state index contributed by atoms with van der Waals surface area (Å²) in [6.45, 7) is 3.65. The predicted molar refractivity (Wildman–Crippen MR) is 85.4 cm³/mol. The maximum atomic E-state index is 11.7. The zero-order chi connectivity index (χ0) is 16.7. The number of hydrogen-bond donors (Lipinski definition) is 2. The van der Waals surface area contributed by atoms with E-state index in [1.54, 1.807) is 12.1 Å². The fourth-order valence-electron chi connectivity index (χ4n) is 1.76. The molecule has 0 aliphatic heterocycles. The summed E-state index contributed by atoms with van der Waals surface area (Å²) in [7, 11) is 0. The van der Waals surface area contributed by atoms with E-state index in [1.807, 2.05) is 32.0 Å². The number of benzene rings is 1. The number of hydrogen-bond acceptors (Lipinski definition) is 4. The number of nitrogens with one attached hydrogen (secondary N) is 2. The Morgan fingerprint density at radius 3 is 2.78 bits per heavy atom. The van der Waals surface area contributed by atoms with Gasteiger partial charge in [0.1, 0.15) is 11.5 Å². The number of aryl methyl sites for hydroxylation is 2. The van der Waals surface area contributed by atoms with Crippen LogP contribution in [-0.4, -0.2) is 18.4 Å². The average Bonchev–Trinajstić information content (AvgIpc) is 3.05. The number of rotatable bonds is 5. The Labute approximate surface area is 134 Å². The largest absolute Gasteiger partial charge is 0.483 e. The first-order chi connectivity index (χ1) is 11.0. The molecule has 0 unspecified atom stereocenters. The molecule has 0 bridgehead atoms. The lowest BCUT2D eigenvalue weighted by atomic mass is 10.1. The Morgan fingerprint density at radius 1 is 1.22 bits per heavy atom. The highest BCUT2D eigenvalue weighted by molar-refractivity contribution is 5.92. The fourth-order valence-corrected chi connectivity index (χ4v) is 1.76. The first kappa shape index (κ1) is 16.4. The van der Waals surface area contributed by atoms with Crippen molar-refractivity contribution in [2.45, 2.75) is 13.8 Å². The van der Waals surface area contributed by atoms with Gasteiger partial charge in [-0.2, -0.15) is 0 Å². The van der Waals surface area contributed by atoms with Crippen molar-refractivity contribution < 1.29 is 18.7 Å². The molecule has 0 saturated carbocycles. The molecule has 0 saturated heterocycles. The summed E-state index contributed by atoms with van der Waals surface area (Å²) in [5.41, 5.74) is 6.51. The summed E-state index contributed by atoms with van der Waals surface area (Å²) >= 11 is 0. The van der Waals surface area contributed by atoms with Gasteiger partial charge in [-0.1, -0.05) is 12.1 Å². The van der Waals surface area contributed by atoms with Crippen LogP contribution in [0.5, 0.6) is 5.75 Å². The van der Waals surface area contributed by atoms with Gasteiger partial charge >= 0.3 is 0 Å². The lowest BCUT2D eigenvalue weighted by molar-refractivity contribution is -0.128. The van der Waals surface area contributed by atoms with Crippen molar-refractivity contribution in [1.29, 1.82) is 0 Å². The van der Waals surface area contributed by atoms with Gasteiger partial charge in [0, 0.05) is 6.08 Å². The maximum absolute atomic E-state index is 11.7. The van der Waals surface area contributed by atoms with Crippen molar-refractivity contribution in [3.8, 4) is 5.75 Å². The zero-order valence-electron chi connectivity index (χ0n) is 13.0. The maximum Gasteiger partial charge on any atom is 0.276 e. The SMILES string of the molecule is Cc1ccc(C)c(OCC(=O)NNC(=O)C=Cc2ccco2)c1. The van der Waals surface area contributed by atoms with E-state index >= 15 is 0 Å². The second-order valence-electron chi connectivity index (χ2n) is 4.94. The van der Waals surface area contributed by atoms with Crippen molar-refractivity contribution in [1.82, 2.24) is 10.9 Å². The minimum Gasteiger partial charge on any atom is -0.483 e. The second kappa shape index (κ2) is 7.84. The van der Waals surface area contributed by atoms with Crippen LogP contribution in [-0.2, 0) is 9.59 Å². The van der Waals surface area contributed by atoms with Gasteiger partial charge in [0.2, 0.25) is 0 Å². The second-order valence-corrected chi connectivity index (χ2v) is 4.94. The van der Waals surface area contributed by atoms with Crippen molar-refractivity contribution in [3.63, 3.8) is 0 Å². The monoisotopic (exact) mass is 314 g/mol. The van der Waals surface area contributed by atoms with Gasteiger partial charge in [-0.05, 0) is 49.2 Å². The minimum atomic E-state index is -0.471. The van der Waals surface area contributed by atoms with Crippen LogP contribution in [0.1, 0.15) is 16.9 Å². The molecule has 0 aliphatic carbocycles. The lowest BCUT2D eigenvalue weighted by Crippen LogP contribution is -2.43. The normalized spacial score (nSPS) is 10.5. The number of hydrazine groups is 1. The molecular formula is C17H18N2O4. The number of amides is 2.